The quantitative estimate of drug-likeness (QED) is 0.339. The van der Waals surface area contributed by atoms with Crippen molar-refractivity contribution in [1.82, 2.24) is 15.6 Å². The van der Waals surface area contributed by atoms with Crippen LogP contribution in [-0.4, -0.2) is 34.2 Å². The third-order valence-electron chi connectivity index (χ3n) is 5.24. The number of hydrogen-bond acceptors (Lipinski definition) is 4. The van der Waals surface area contributed by atoms with Crippen molar-refractivity contribution in [2.75, 3.05) is 0 Å². The highest BCUT2D eigenvalue weighted by Gasteiger charge is 2.27. The Morgan fingerprint density at radius 2 is 1.67 bits per heavy atom. The number of aromatic amines is 1. The molecule has 1 heterocycles. The minimum Gasteiger partial charge on any atom is -0.445 e. The first-order chi connectivity index (χ1) is 15.8. The van der Waals surface area contributed by atoms with Crippen LogP contribution in [0.5, 0.6) is 0 Å². The highest BCUT2D eigenvalue weighted by molar-refractivity contribution is 7.96. The molecule has 0 aliphatic heterocycles. The molecule has 3 aromatic rings. The molecule has 33 heavy (non-hydrogen) atoms. The lowest BCUT2D eigenvalue weighted by atomic mass is 10.0. The van der Waals surface area contributed by atoms with Gasteiger partial charge < -0.3 is 20.4 Å². The zero-order valence-corrected chi connectivity index (χ0v) is 19.6. The van der Waals surface area contributed by atoms with Crippen molar-refractivity contribution >= 4 is 40.6 Å². The van der Waals surface area contributed by atoms with Gasteiger partial charge in [-0.15, -0.1) is 12.6 Å². The Kier molecular flexibility index (Phi) is 8.54. The maximum Gasteiger partial charge on any atom is 0.408 e. The number of benzene rings is 2. The fraction of sp³-hybridized carbons (Fsp3) is 0.320. The van der Waals surface area contributed by atoms with Crippen LogP contribution in [0.4, 0.5) is 4.79 Å². The van der Waals surface area contributed by atoms with Gasteiger partial charge in [0.25, 0.3) is 0 Å². The van der Waals surface area contributed by atoms with Gasteiger partial charge in [-0.2, -0.15) is 0 Å². The van der Waals surface area contributed by atoms with Crippen LogP contribution in [0.2, 0.25) is 0 Å². The summed E-state index contributed by atoms with van der Waals surface area (Å²) in [5.41, 5.74) is 2.69. The Bertz CT molecular complexity index is 1100. The fourth-order valence-corrected chi connectivity index (χ4v) is 3.76. The van der Waals surface area contributed by atoms with Crippen molar-refractivity contribution in [2.45, 2.75) is 45.4 Å². The molecule has 0 spiro atoms. The summed E-state index contributed by atoms with van der Waals surface area (Å²) in [6.45, 7) is 4.00. The number of carbonyl (C=O) groups is 3. The molecule has 0 fully saturated rings. The number of rotatable bonds is 10. The molecule has 174 valence electrons. The minimum absolute atomic E-state index is 0.0982. The first-order valence-electron chi connectivity index (χ1n) is 10.9. The predicted molar refractivity (Wildman–Crippen MR) is 131 cm³/mol. The molecule has 2 aromatic carbocycles. The van der Waals surface area contributed by atoms with E-state index in [2.05, 4.69) is 28.2 Å². The number of carbonyl (C=O) groups excluding carboxylic acids is 3. The number of para-hydroxylation sites is 1. The summed E-state index contributed by atoms with van der Waals surface area (Å²) in [5, 5.41) is 5.91. The van der Waals surface area contributed by atoms with E-state index >= 15 is 0 Å². The van der Waals surface area contributed by atoms with Crippen LogP contribution >= 0.6 is 12.6 Å². The molecule has 7 nitrogen and oxygen atoms in total. The van der Waals surface area contributed by atoms with E-state index in [9.17, 15) is 14.4 Å². The standard InChI is InChI=1S/C25H29N3O4S/c1-16(2)12-21(28-25(31)32-15-17-8-4-3-5-9-17)23(29)27-22(24(30)33)13-18-14-26-20-11-7-6-10-19(18)20/h3-11,14,16,21-22,26H,12-13,15H2,1-2H3,(H,27,29)(H,28,31)(H,30,33)/t21-,22+/m1/s1. The Morgan fingerprint density at radius 3 is 2.36 bits per heavy atom. The molecule has 0 aliphatic carbocycles. The average molecular weight is 468 g/mol. The van der Waals surface area contributed by atoms with Crippen LogP contribution in [0, 0.1) is 5.92 Å². The van der Waals surface area contributed by atoms with Crippen molar-refractivity contribution in [3.63, 3.8) is 0 Å². The van der Waals surface area contributed by atoms with Gasteiger partial charge in [0.15, 0.2) is 0 Å². The predicted octanol–water partition coefficient (Wildman–Crippen LogP) is 3.99. The fourth-order valence-electron chi connectivity index (χ4n) is 3.60. The SMILES string of the molecule is CC(C)C[C@@H](NC(=O)OCc1ccccc1)C(=O)N[C@@H](Cc1c[nH]c2ccccc12)C(=O)S. The summed E-state index contributed by atoms with van der Waals surface area (Å²) >= 11 is 3.98. The third kappa shape index (κ3) is 7.12. The van der Waals surface area contributed by atoms with Crippen LogP contribution in [0.1, 0.15) is 31.4 Å². The van der Waals surface area contributed by atoms with Gasteiger partial charge in [-0.3, -0.25) is 9.59 Å². The first-order valence-corrected chi connectivity index (χ1v) is 11.3. The van der Waals surface area contributed by atoms with Crippen LogP contribution < -0.4 is 10.6 Å². The van der Waals surface area contributed by atoms with Crippen molar-refractivity contribution in [2.24, 2.45) is 5.92 Å². The van der Waals surface area contributed by atoms with E-state index in [1.165, 1.54) is 0 Å². The molecule has 0 radical (unpaired) electrons. The molecule has 8 heteroatoms. The Morgan fingerprint density at radius 1 is 0.970 bits per heavy atom. The summed E-state index contributed by atoms with van der Waals surface area (Å²) in [6.07, 6.45) is 1.81. The van der Waals surface area contributed by atoms with Gasteiger partial charge in [0.2, 0.25) is 11.0 Å². The lowest BCUT2D eigenvalue weighted by Crippen LogP contribution is -2.52. The number of amides is 2. The van der Waals surface area contributed by atoms with Crippen molar-refractivity contribution in [3.8, 4) is 0 Å². The molecule has 3 N–H and O–H groups in total. The maximum atomic E-state index is 13.0. The summed E-state index contributed by atoms with van der Waals surface area (Å²) in [4.78, 5) is 40.7. The number of nitrogens with one attached hydrogen (secondary N) is 3. The van der Waals surface area contributed by atoms with Gasteiger partial charge in [0.1, 0.15) is 18.7 Å². The zero-order chi connectivity index (χ0) is 23.8. The van der Waals surface area contributed by atoms with Gasteiger partial charge in [-0.25, -0.2) is 4.79 Å². The summed E-state index contributed by atoms with van der Waals surface area (Å²) in [5.74, 6) is -0.318. The van der Waals surface area contributed by atoms with Crippen molar-refractivity contribution in [1.29, 1.82) is 0 Å². The van der Waals surface area contributed by atoms with E-state index in [4.69, 9.17) is 4.74 Å². The van der Waals surface area contributed by atoms with Gasteiger partial charge in [-0.1, -0.05) is 62.4 Å². The molecule has 0 aliphatic rings. The van der Waals surface area contributed by atoms with Crippen LogP contribution in [0.25, 0.3) is 10.9 Å². The van der Waals surface area contributed by atoms with Gasteiger partial charge in [0, 0.05) is 23.5 Å². The Labute approximate surface area is 198 Å². The molecule has 0 unspecified atom stereocenters. The van der Waals surface area contributed by atoms with Crippen LogP contribution in [0.15, 0.2) is 60.8 Å². The largest absolute Gasteiger partial charge is 0.445 e. The van der Waals surface area contributed by atoms with Crippen LogP contribution in [-0.2, 0) is 27.4 Å². The topological polar surface area (TPSA) is 100 Å². The average Bonchev–Trinajstić information content (AvgIpc) is 3.20. The molecule has 1 aromatic heterocycles. The molecule has 3 rings (SSSR count). The van der Waals surface area contributed by atoms with E-state index < -0.39 is 29.2 Å². The van der Waals surface area contributed by atoms with Gasteiger partial charge in [-0.05, 0) is 29.5 Å². The normalized spacial score (nSPS) is 12.8. The summed E-state index contributed by atoms with van der Waals surface area (Å²) < 4.78 is 5.26. The van der Waals surface area contributed by atoms with Crippen LogP contribution in [0.3, 0.4) is 0 Å². The highest BCUT2D eigenvalue weighted by Crippen LogP contribution is 2.20. The smallest absolute Gasteiger partial charge is 0.408 e. The molecular weight excluding hydrogens is 438 g/mol. The molecule has 2 atom stereocenters. The second-order valence-corrected chi connectivity index (χ2v) is 8.79. The van der Waals surface area contributed by atoms with E-state index in [0.29, 0.717) is 6.42 Å². The first kappa shape index (κ1) is 24.4. The second-order valence-electron chi connectivity index (χ2n) is 8.35. The lowest BCUT2D eigenvalue weighted by molar-refractivity contribution is -0.126. The van der Waals surface area contributed by atoms with Gasteiger partial charge >= 0.3 is 6.09 Å². The molecule has 0 bridgehead atoms. The van der Waals surface area contributed by atoms with E-state index in [1.54, 1.807) is 0 Å². The summed E-state index contributed by atoms with van der Waals surface area (Å²) in [7, 11) is 0. The zero-order valence-electron chi connectivity index (χ0n) is 18.7. The number of hydrogen-bond donors (Lipinski definition) is 4. The van der Waals surface area contributed by atoms with E-state index in [-0.39, 0.29) is 18.9 Å². The van der Waals surface area contributed by atoms with E-state index in [0.717, 1.165) is 22.0 Å². The number of alkyl carbamates (subject to hydrolysis) is 1. The van der Waals surface area contributed by atoms with Gasteiger partial charge in [0.05, 0.1) is 0 Å². The maximum absolute atomic E-state index is 13.0. The third-order valence-corrected chi connectivity index (χ3v) is 5.55. The number of aromatic nitrogens is 1. The number of H-pyrrole nitrogens is 1. The molecule has 0 saturated carbocycles. The highest BCUT2D eigenvalue weighted by atomic mass is 32.1. The monoisotopic (exact) mass is 467 g/mol. The number of fused-ring (bicyclic) bond motifs is 1. The number of ether oxygens (including phenoxy) is 1. The van der Waals surface area contributed by atoms with E-state index in [1.807, 2.05) is 74.6 Å². The molecule has 0 saturated heterocycles. The van der Waals surface area contributed by atoms with Crippen molar-refractivity contribution < 1.29 is 19.1 Å². The molecule has 2 amide bonds. The minimum atomic E-state index is -0.841. The second kappa shape index (κ2) is 11.6. The Hall–Kier alpha value is -3.26. The Balaban J connectivity index is 1.65. The lowest BCUT2D eigenvalue weighted by Gasteiger charge is -2.23. The molecular formula is C25H29N3O4S. The van der Waals surface area contributed by atoms with Crippen molar-refractivity contribution in [3.05, 3.63) is 71.9 Å². The number of thiol groups is 1. The summed E-state index contributed by atoms with van der Waals surface area (Å²) in [6, 6.07) is 15.3.